The number of nitrogens with one attached hydrogen (secondary N) is 1. The third kappa shape index (κ3) is 3.52. The smallest absolute Gasteiger partial charge is 0.227 e. The number of hydrogen-bond acceptors (Lipinski definition) is 8. The molecule has 0 saturated heterocycles. The molecule has 0 fully saturated rings. The molecule has 0 aliphatic carbocycles. The van der Waals surface area contributed by atoms with Crippen molar-refractivity contribution >= 4 is 28.4 Å². The van der Waals surface area contributed by atoms with Crippen molar-refractivity contribution in [1.82, 2.24) is 39.7 Å². The first-order valence-corrected chi connectivity index (χ1v) is 10.5. The van der Waals surface area contributed by atoms with Crippen LogP contribution in [0.15, 0.2) is 42.3 Å². The van der Waals surface area contributed by atoms with E-state index in [9.17, 15) is 4.39 Å². The number of aromatic amines is 1. The van der Waals surface area contributed by atoms with Crippen LogP contribution in [0.3, 0.4) is 0 Å². The molecule has 0 aliphatic heterocycles. The molecular formula is C20H18FN9S. The number of nitrogens with zero attached hydrogens (tertiary/aromatic N) is 8. The van der Waals surface area contributed by atoms with Gasteiger partial charge in [-0.25, -0.2) is 24.3 Å². The average Bonchev–Trinajstić information content (AvgIpc) is 3.52. The Labute approximate surface area is 180 Å². The van der Waals surface area contributed by atoms with E-state index in [0.29, 0.717) is 36.2 Å². The van der Waals surface area contributed by atoms with Gasteiger partial charge in [0.05, 0.1) is 18.6 Å². The highest BCUT2D eigenvalue weighted by Gasteiger charge is 2.20. The Morgan fingerprint density at radius 2 is 1.97 bits per heavy atom. The summed E-state index contributed by atoms with van der Waals surface area (Å²) in [6.45, 7) is 3.25. The second-order valence-electron chi connectivity index (χ2n) is 6.90. The Bertz CT molecular complexity index is 1340. The van der Waals surface area contributed by atoms with Crippen LogP contribution in [0.4, 0.5) is 10.3 Å². The van der Waals surface area contributed by atoms with Gasteiger partial charge in [-0.1, -0.05) is 0 Å². The molecule has 4 heterocycles. The summed E-state index contributed by atoms with van der Waals surface area (Å²) in [6, 6.07) is 6.36. The summed E-state index contributed by atoms with van der Waals surface area (Å²) in [7, 11) is 1.95. The van der Waals surface area contributed by atoms with Crippen molar-refractivity contribution in [2.45, 2.75) is 20.0 Å². The van der Waals surface area contributed by atoms with Gasteiger partial charge in [0.1, 0.15) is 28.4 Å². The van der Waals surface area contributed by atoms with Crippen molar-refractivity contribution < 1.29 is 4.39 Å². The lowest BCUT2D eigenvalue weighted by Crippen LogP contribution is -2.21. The zero-order chi connectivity index (χ0) is 21.4. The van der Waals surface area contributed by atoms with Crippen molar-refractivity contribution in [2.24, 2.45) is 0 Å². The molecule has 11 heteroatoms. The zero-order valence-electron chi connectivity index (χ0n) is 16.8. The standard InChI is InChI=1S/C20H18FN9S/c1-3-30-18(16-15-17(24-10-22-15)25-11-23-16)27-28-20(30)29(2)8-14-9-31-19(26-14)12-4-6-13(21)7-5-12/h4-7,9-11H,3,8H2,1-2H3,(H,22,23,24,25). The summed E-state index contributed by atoms with van der Waals surface area (Å²) in [6.07, 6.45) is 3.06. The van der Waals surface area contributed by atoms with E-state index in [2.05, 4.69) is 30.1 Å². The highest BCUT2D eigenvalue weighted by atomic mass is 32.1. The first-order valence-electron chi connectivity index (χ1n) is 9.63. The van der Waals surface area contributed by atoms with Crippen LogP contribution in [-0.2, 0) is 13.1 Å². The Kier molecular flexibility index (Phi) is 4.86. The fourth-order valence-electron chi connectivity index (χ4n) is 3.40. The van der Waals surface area contributed by atoms with E-state index in [1.165, 1.54) is 29.8 Å². The first-order chi connectivity index (χ1) is 15.1. The van der Waals surface area contributed by atoms with Gasteiger partial charge in [0.25, 0.3) is 0 Å². The van der Waals surface area contributed by atoms with Gasteiger partial charge in [-0.2, -0.15) is 0 Å². The van der Waals surface area contributed by atoms with Crippen molar-refractivity contribution in [2.75, 3.05) is 11.9 Å². The highest BCUT2D eigenvalue weighted by molar-refractivity contribution is 7.13. The summed E-state index contributed by atoms with van der Waals surface area (Å²) < 4.78 is 15.2. The van der Waals surface area contributed by atoms with Crippen molar-refractivity contribution in [3.8, 4) is 22.1 Å². The summed E-state index contributed by atoms with van der Waals surface area (Å²) >= 11 is 1.53. The molecule has 0 atom stereocenters. The Balaban J connectivity index is 1.42. The maximum Gasteiger partial charge on any atom is 0.227 e. The molecule has 9 nitrogen and oxygen atoms in total. The lowest BCUT2D eigenvalue weighted by molar-refractivity contribution is 0.628. The SMILES string of the molecule is CCn1c(-c2ncnc3nc[nH]c23)nnc1N(C)Cc1csc(-c2ccc(F)cc2)n1. The normalized spacial score (nSPS) is 11.3. The average molecular weight is 435 g/mol. The summed E-state index contributed by atoms with van der Waals surface area (Å²) in [5.41, 5.74) is 3.76. The minimum Gasteiger partial charge on any atom is -0.341 e. The van der Waals surface area contributed by atoms with Gasteiger partial charge in [0.15, 0.2) is 11.5 Å². The number of hydrogen-bond donors (Lipinski definition) is 1. The number of aromatic nitrogens is 8. The molecule has 0 bridgehead atoms. The molecule has 31 heavy (non-hydrogen) atoms. The lowest BCUT2D eigenvalue weighted by atomic mass is 10.2. The second-order valence-corrected chi connectivity index (χ2v) is 7.76. The topological polar surface area (TPSA) is 101 Å². The van der Waals surface area contributed by atoms with Crippen LogP contribution in [0.1, 0.15) is 12.6 Å². The van der Waals surface area contributed by atoms with E-state index in [4.69, 9.17) is 4.98 Å². The minimum absolute atomic E-state index is 0.258. The molecule has 5 rings (SSSR count). The van der Waals surface area contributed by atoms with Crippen LogP contribution in [0, 0.1) is 5.82 Å². The predicted molar refractivity (Wildman–Crippen MR) is 116 cm³/mol. The number of rotatable bonds is 6. The lowest BCUT2D eigenvalue weighted by Gasteiger charge is -2.18. The summed E-state index contributed by atoms with van der Waals surface area (Å²) in [5, 5.41) is 11.6. The van der Waals surface area contributed by atoms with Crippen molar-refractivity contribution in [3.63, 3.8) is 0 Å². The van der Waals surface area contributed by atoms with Gasteiger partial charge in [0, 0.05) is 24.5 Å². The second kappa shape index (κ2) is 7.84. The number of thiazole rings is 1. The van der Waals surface area contributed by atoms with Gasteiger partial charge in [-0.15, -0.1) is 21.5 Å². The summed E-state index contributed by atoms with van der Waals surface area (Å²) in [4.78, 5) is 22.5. The third-order valence-electron chi connectivity index (χ3n) is 4.87. The van der Waals surface area contributed by atoms with Gasteiger partial charge in [-0.3, -0.25) is 4.57 Å². The molecule has 0 radical (unpaired) electrons. The molecule has 5 aromatic rings. The van der Waals surface area contributed by atoms with Crippen molar-refractivity contribution in [3.05, 3.63) is 53.8 Å². The van der Waals surface area contributed by atoms with E-state index < -0.39 is 0 Å². The molecule has 0 unspecified atom stereocenters. The highest BCUT2D eigenvalue weighted by Crippen LogP contribution is 2.27. The van der Waals surface area contributed by atoms with Crippen LogP contribution in [0.5, 0.6) is 0 Å². The Morgan fingerprint density at radius 3 is 2.77 bits per heavy atom. The van der Waals surface area contributed by atoms with E-state index >= 15 is 0 Å². The van der Waals surface area contributed by atoms with E-state index in [-0.39, 0.29) is 5.82 Å². The fourth-order valence-corrected chi connectivity index (χ4v) is 4.21. The van der Waals surface area contributed by atoms with E-state index in [1.807, 2.05) is 28.8 Å². The fraction of sp³-hybridized carbons (Fsp3) is 0.200. The molecule has 1 aromatic carbocycles. The maximum atomic E-state index is 13.2. The zero-order valence-corrected chi connectivity index (χ0v) is 17.6. The number of benzene rings is 1. The summed E-state index contributed by atoms with van der Waals surface area (Å²) in [5.74, 6) is 1.09. The van der Waals surface area contributed by atoms with Gasteiger partial charge in [-0.05, 0) is 31.2 Å². The number of H-pyrrole nitrogens is 1. The molecule has 0 aliphatic rings. The van der Waals surface area contributed by atoms with Crippen molar-refractivity contribution in [1.29, 1.82) is 0 Å². The monoisotopic (exact) mass is 435 g/mol. The molecule has 156 valence electrons. The van der Waals surface area contributed by atoms with Crippen LogP contribution >= 0.6 is 11.3 Å². The van der Waals surface area contributed by atoms with Crippen LogP contribution in [-0.4, -0.2) is 46.7 Å². The molecule has 4 aromatic heterocycles. The number of halogens is 1. The number of anilines is 1. The van der Waals surface area contributed by atoms with Gasteiger partial charge >= 0.3 is 0 Å². The van der Waals surface area contributed by atoms with Crippen LogP contribution in [0.2, 0.25) is 0 Å². The van der Waals surface area contributed by atoms with Crippen LogP contribution < -0.4 is 4.90 Å². The van der Waals surface area contributed by atoms with Crippen LogP contribution in [0.25, 0.3) is 33.3 Å². The largest absolute Gasteiger partial charge is 0.341 e. The van der Waals surface area contributed by atoms with E-state index in [0.717, 1.165) is 21.8 Å². The quantitative estimate of drug-likeness (QED) is 0.435. The molecule has 0 amide bonds. The molecule has 0 spiro atoms. The predicted octanol–water partition coefficient (Wildman–Crippen LogP) is 3.53. The maximum absolute atomic E-state index is 13.2. The molecular weight excluding hydrogens is 417 g/mol. The molecule has 0 saturated carbocycles. The first kappa shape index (κ1) is 19.2. The molecule has 1 N–H and O–H groups in total. The van der Waals surface area contributed by atoms with Gasteiger partial charge in [0.2, 0.25) is 5.95 Å². The number of imidazole rings is 1. The van der Waals surface area contributed by atoms with E-state index in [1.54, 1.807) is 18.5 Å². The number of fused-ring (bicyclic) bond motifs is 1. The van der Waals surface area contributed by atoms with Gasteiger partial charge < -0.3 is 9.88 Å². The Hall–Kier alpha value is -3.73. The minimum atomic E-state index is -0.258. The third-order valence-corrected chi connectivity index (χ3v) is 5.81. The Morgan fingerprint density at radius 1 is 1.13 bits per heavy atom.